The number of benzene rings is 2. The zero-order chi connectivity index (χ0) is 17.3. The molecular formula is C19H22ClNO3S. The molecule has 1 heterocycles. The van der Waals surface area contributed by atoms with Gasteiger partial charge in [0.1, 0.15) is 0 Å². The van der Waals surface area contributed by atoms with Crippen LogP contribution in [0, 0.1) is 0 Å². The molecule has 1 unspecified atom stereocenters. The van der Waals surface area contributed by atoms with Crippen LogP contribution >= 0.6 is 0 Å². The van der Waals surface area contributed by atoms with Crippen LogP contribution < -0.4 is 17.3 Å². The predicted molar refractivity (Wildman–Crippen MR) is 93.2 cm³/mol. The highest BCUT2D eigenvalue weighted by Crippen LogP contribution is 2.39. The number of carbonyl (C=O) groups is 1. The van der Waals surface area contributed by atoms with E-state index in [0.717, 1.165) is 13.0 Å². The first-order valence-electron chi connectivity index (χ1n) is 8.18. The van der Waals surface area contributed by atoms with E-state index in [4.69, 9.17) is 0 Å². The van der Waals surface area contributed by atoms with Crippen molar-refractivity contribution in [2.45, 2.75) is 23.0 Å². The summed E-state index contributed by atoms with van der Waals surface area (Å²) in [6, 6.07) is 13.7. The van der Waals surface area contributed by atoms with Crippen molar-refractivity contribution in [1.82, 2.24) is 0 Å². The maximum absolute atomic E-state index is 13.2. The smallest absolute Gasteiger partial charge is 0.194 e. The fourth-order valence-corrected chi connectivity index (χ4v) is 5.36. The minimum atomic E-state index is -3.59. The summed E-state index contributed by atoms with van der Waals surface area (Å²) in [4.78, 5) is 14.3. The summed E-state index contributed by atoms with van der Waals surface area (Å²) < 4.78 is 26.5. The minimum Gasteiger partial charge on any atom is -1.00 e. The van der Waals surface area contributed by atoms with E-state index in [1.54, 1.807) is 42.5 Å². The minimum absolute atomic E-state index is 0. The van der Waals surface area contributed by atoms with Crippen molar-refractivity contribution in [2.24, 2.45) is 0 Å². The van der Waals surface area contributed by atoms with Gasteiger partial charge in [0.15, 0.2) is 15.6 Å². The summed E-state index contributed by atoms with van der Waals surface area (Å²) in [6.07, 6.45) is 1.31. The summed E-state index contributed by atoms with van der Waals surface area (Å²) in [5.41, 5.74) is 1.42. The molecule has 25 heavy (non-hydrogen) atoms. The van der Waals surface area contributed by atoms with Crippen LogP contribution in [-0.4, -0.2) is 34.8 Å². The SMILES string of the molecule is C[NH+](C)CCCC1c2ccccc2C(=O)c2ccccc2S1(=O)=O.[Cl-]. The molecule has 1 N–H and O–H groups in total. The third-order valence-electron chi connectivity index (χ3n) is 4.51. The van der Waals surface area contributed by atoms with E-state index >= 15 is 0 Å². The van der Waals surface area contributed by atoms with Crippen LogP contribution in [-0.2, 0) is 9.84 Å². The number of ketones is 1. The summed E-state index contributed by atoms with van der Waals surface area (Å²) in [7, 11) is 0.506. The molecular weight excluding hydrogens is 358 g/mol. The first-order chi connectivity index (χ1) is 11.4. The zero-order valence-electron chi connectivity index (χ0n) is 14.3. The Kier molecular flexibility index (Phi) is 6.03. The van der Waals surface area contributed by atoms with Crippen LogP contribution in [0.1, 0.15) is 39.6 Å². The summed E-state index contributed by atoms with van der Waals surface area (Å²) in [5.74, 6) is -0.203. The lowest BCUT2D eigenvalue weighted by Gasteiger charge is -2.18. The molecule has 0 aliphatic carbocycles. The highest BCUT2D eigenvalue weighted by atomic mass is 35.5. The van der Waals surface area contributed by atoms with Crippen molar-refractivity contribution in [2.75, 3.05) is 20.6 Å². The molecule has 4 nitrogen and oxygen atoms in total. The molecule has 0 bridgehead atoms. The highest BCUT2D eigenvalue weighted by Gasteiger charge is 2.37. The maximum atomic E-state index is 13.2. The van der Waals surface area contributed by atoms with Crippen molar-refractivity contribution in [3.63, 3.8) is 0 Å². The number of rotatable bonds is 4. The zero-order valence-corrected chi connectivity index (χ0v) is 15.9. The molecule has 3 rings (SSSR count). The van der Waals surface area contributed by atoms with Gasteiger partial charge in [0, 0.05) is 11.1 Å². The Morgan fingerprint density at radius 2 is 1.56 bits per heavy atom. The molecule has 0 fully saturated rings. The Labute approximate surface area is 155 Å². The first kappa shape index (κ1) is 19.6. The summed E-state index contributed by atoms with van der Waals surface area (Å²) in [6.45, 7) is 0.893. The number of carbonyl (C=O) groups excluding carboxylic acids is 1. The van der Waals surface area contributed by atoms with Crippen molar-refractivity contribution in [3.8, 4) is 0 Å². The van der Waals surface area contributed by atoms with E-state index in [-0.39, 0.29) is 28.6 Å². The Morgan fingerprint density at radius 1 is 0.960 bits per heavy atom. The molecule has 0 amide bonds. The molecule has 2 aromatic rings. The van der Waals surface area contributed by atoms with Crippen LogP contribution in [0.5, 0.6) is 0 Å². The number of quaternary nitrogens is 1. The average Bonchev–Trinajstić information content (AvgIpc) is 2.63. The largest absolute Gasteiger partial charge is 1.00 e. The van der Waals surface area contributed by atoms with Crippen LogP contribution in [0.3, 0.4) is 0 Å². The average molecular weight is 380 g/mol. The van der Waals surface area contributed by atoms with Crippen LogP contribution in [0.25, 0.3) is 0 Å². The number of fused-ring (bicyclic) bond motifs is 2. The molecule has 1 atom stereocenters. The lowest BCUT2D eigenvalue weighted by atomic mass is 9.95. The predicted octanol–water partition coefficient (Wildman–Crippen LogP) is -1.33. The molecule has 1 aliphatic rings. The van der Waals surface area contributed by atoms with Crippen molar-refractivity contribution in [1.29, 1.82) is 0 Å². The molecule has 0 spiro atoms. The van der Waals surface area contributed by atoms with Crippen molar-refractivity contribution < 1.29 is 30.5 Å². The highest BCUT2D eigenvalue weighted by molar-refractivity contribution is 7.91. The van der Waals surface area contributed by atoms with Crippen molar-refractivity contribution >= 4 is 15.6 Å². The molecule has 0 saturated heterocycles. The summed E-state index contributed by atoms with van der Waals surface area (Å²) in [5, 5.41) is -0.666. The first-order valence-corrected chi connectivity index (χ1v) is 9.73. The van der Waals surface area contributed by atoms with Crippen LogP contribution in [0.15, 0.2) is 53.4 Å². The Balaban J connectivity index is 0.00000225. The molecule has 1 aliphatic heterocycles. The van der Waals surface area contributed by atoms with Gasteiger partial charge in [0.2, 0.25) is 0 Å². The van der Waals surface area contributed by atoms with E-state index < -0.39 is 15.1 Å². The maximum Gasteiger partial charge on any atom is 0.194 e. The second-order valence-corrected chi connectivity index (χ2v) is 8.64. The second kappa shape index (κ2) is 7.68. The van der Waals surface area contributed by atoms with E-state index in [1.165, 1.54) is 4.90 Å². The molecule has 134 valence electrons. The van der Waals surface area contributed by atoms with Gasteiger partial charge in [-0.1, -0.05) is 36.4 Å². The van der Waals surface area contributed by atoms with E-state index in [1.807, 2.05) is 20.2 Å². The topological polar surface area (TPSA) is 55.6 Å². The molecule has 0 saturated carbocycles. The van der Waals surface area contributed by atoms with Gasteiger partial charge in [-0.3, -0.25) is 4.79 Å². The van der Waals surface area contributed by atoms with E-state index in [2.05, 4.69) is 0 Å². The van der Waals surface area contributed by atoms with Gasteiger partial charge in [0.05, 0.1) is 30.8 Å². The fourth-order valence-electron chi connectivity index (χ4n) is 3.30. The van der Waals surface area contributed by atoms with Gasteiger partial charge in [0.25, 0.3) is 0 Å². The standard InChI is InChI=1S/C19H21NO3S.ClH/c1-20(2)13-7-12-17-14-8-3-4-9-15(14)19(21)16-10-5-6-11-18(16)24(17,22)23;/h3-6,8-11,17H,7,12-13H2,1-2H3;1H. The van der Waals surface area contributed by atoms with Crippen LogP contribution in [0.2, 0.25) is 0 Å². The van der Waals surface area contributed by atoms with Gasteiger partial charge < -0.3 is 17.3 Å². The molecule has 6 heteroatoms. The van der Waals surface area contributed by atoms with Gasteiger partial charge in [-0.25, -0.2) is 8.42 Å². The number of halogens is 1. The third-order valence-corrected chi connectivity index (χ3v) is 6.72. The monoisotopic (exact) mass is 379 g/mol. The molecule has 0 aromatic heterocycles. The number of hydrogen-bond acceptors (Lipinski definition) is 3. The Hall–Kier alpha value is -1.69. The Morgan fingerprint density at radius 3 is 2.24 bits per heavy atom. The fraction of sp³-hybridized carbons (Fsp3) is 0.316. The lowest BCUT2D eigenvalue weighted by molar-refractivity contribution is -0.858. The summed E-state index contributed by atoms with van der Waals surface area (Å²) >= 11 is 0. The van der Waals surface area contributed by atoms with E-state index in [0.29, 0.717) is 17.5 Å². The van der Waals surface area contributed by atoms with E-state index in [9.17, 15) is 13.2 Å². The molecule has 2 aromatic carbocycles. The lowest BCUT2D eigenvalue weighted by Crippen LogP contribution is -3.05. The third kappa shape index (κ3) is 3.64. The second-order valence-electron chi connectivity index (χ2n) is 6.55. The normalized spacial score (nSPS) is 18.0. The van der Waals surface area contributed by atoms with Gasteiger partial charge in [-0.15, -0.1) is 0 Å². The van der Waals surface area contributed by atoms with Crippen molar-refractivity contribution in [3.05, 3.63) is 65.2 Å². The van der Waals surface area contributed by atoms with Crippen LogP contribution in [0.4, 0.5) is 0 Å². The number of nitrogens with one attached hydrogen (secondary N) is 1. The quantitative estimate of drug-likeness (QED) is 0.716. The van der Waals surface area contributed by atoms with Gasteiger partial charge in [-0.2, -0.15) is 0 Å². The number of hydrogen-bond donors (Lipinski definition) is 1. The van der Waals surface area contributed by atoms with Gasteiger partial charge >= 0.3 is 0 Å². The molecule has 0 radical (unpaired) electrons. The number of sulfone groups is 1. The van der Waals surface area contributed by atoms with Gasteiger partial charge in [-0.05, 0) is 30.5 Å². The Bertz CT molecular complexity index is 878.